The van der Waals surface area contributed by atoms with Gasteiger partial charge in [-0.05, 0) is 110 Å². The van der Waals surface area contributed by atoms with E-state index in [0.29, 0.717) is 0 Å². The summed E-state index contributed by atoms with van der Waals surface area (Å²) in [7, 11) is 8.34. The minimum absolute atomic E-state index is 0.254. The van der Waals surface area contributed by atoms with E-state index in [0.717, 1.165) is 0 Å². The van der Waals surface area contributed by atoms with Gasteiger partial charge in [-0.3, -0.25) is 0 Å². The molecule has 2 aliphatic rings. The molecule has 0 aliphatic heterocycles. The Morgan fingerprint density at radius 1 is 0.467 bits per heavy atom. The van der Waals surface area contributed by atoms with Crippen LogP contribution >= 0.6 is 0 Å². The van der Waals surface area contributed by atoms with Gasteiger partial charge in [0.1, 0.15) is 0 Å². The Labute approximate surface area is 184 Å². The fourth-order valence-corrected chi connectivity index (χ4v) is 4.31. The molecule has 152 valence electrons. The fraction of sp³-hybridized carbons (Fsp3) is 0.214. The maximum Gasteiger partial charge on any atom is 0.0361 e. The number of benzene rings is 2. The van der Waals surface area contributed by atoms with Crippen molar-refractivity contribution in [3.63, 3.8) is 0 Å². The maximum absolute atomic E-state index is 2.29. The van der Waals surface area contributed by atoms with Gasteiger partial charge >= 0.3 is 0 Å². The van der Waals surface area contributed by atoms with Crippen LogP contribution in [0.2, 0.25) is 0 Å². The van der Waals surface area contributed by atoms with Gasteiger partial charge in [-0.2, -0.15) is 0 Å². The molecule has 2 aliphatic carbocycles. The summed E-state index contributed by atoms with van der Waals surface area (Å²) in [6, 6.07) is 18.1. The first kappa shape index (κ1) is 21.3. The highest BCUT2D eigenvalue weighted by molar-refractivity contribution is 5.56. The zero-order valence-electron chi connectivity index (χ0n) is 18.3. The standard InChI is InChI=1S/C28H30N2/c1-29(2)25-17-13-23(14-18-25)27(21-9-5-6-10-21)28(22-11-7-8-12-22)24-15-19-26(20-16-24)30(3)4/h5-20,27-28H,1-4H3/t27-,28-/m1/s1. The van der Waals surface area contributed by atoms with Crippen molar-refractivity contribution in [2.45, 2.75) is 11.8 Å². The van der Waals surface area contributed by atoms with Crippen LogP contribution in [0.15, 0.2) is 48.5 Å². The molecule has 2 fully saturated rings. The Bertz CT molecular complexity index is 709. The van der Waals surface area contributed by atoms with Crippen LogP contribution in [0.4, 0.5) is 11.4 Å². The van der Waals surface area contributed by atoms with Gasteiger partial charge < -0.3 is 9.80 Å². The molecular formula is C28H30N2. The smallest absolute Gasteiger partial charge is 0.0361 e. The quantitative estimate of drug-likeness (QED) is 0.612. The average Bonchev–Trinajstić information content (AvgIpc) is 3.46. The number of nitrogens with zero attached hydrogens (tertiary/aromatic N) is 2. The van der Waals surface area contributed by atoms with Crippen molar-refractivity contribution in [2.75, 3.05) is 38.0 Å². The van der Waals surface area contributed by atoms with Crippen molar-refractivity contribution in [1.82, 2.24) is 0 Å². The van der Waals surface area contributed by atoms with Crippen LogP contribution in [0, 0.1) is 63.2 Å². The number of hydrogen-bond acceptors (Lipinski definition) is 2. The fourth-order valence-electron chi connectivity index (χ4n) is 4.31. The molecule has 2 heteroatoms. The summed E-state index contributed by atoms with van der Waals surface area (Å²) in [5, 5.41) is 0. The topological polar surface area (TPSA) is 6.48 Å². The highest BCUT2D eigenvalue weighted by Gasteiger charge is 2.40. The number of hydrogen-bond donors (Lipinski definition) is 0. The SMILES string of the molecule is CN(C)c1ccc([C@@H]([C]2[CH][CH][CH][CH]2)[C@H]([C]2[CH][CH][CH][CH]2)c2ccc(N(C)C)cc2)cc1. The molecule has 10 radical (unpaired) electrons. The molecule has 0 unspecified atom stereocenters. The first-order valence-electron chi connectivity index (χ1n) is 10.5. The molecule has 4 rings (SSSR count). The van der Waals surface area contributed by atoms with E-state index in [2.05, 4.69) is 138 Å². The molecule has 0 saturated heterocycles. The normalized spacial score (nSPS) is 19.7. The van der Waals surface area contributed by atoms with E-state index in [9.17, 15) is 0 Å². The van der Waals surface area contributed by atoms with Gasteiger partial charge in [0.2, 0.25) is 0 Å². The predicted octanol–water partition coefficient (Wildman–Crippen LogP) is 5.50. The predicted molar refractivity (Wildman–Crippen MR) is 128 cm³/mol. The van der Waals surface area contributed by atoms with Crippen molar-refractivity contribution in [2.24, 2.45) is 0 Å². The summed E-state index contributed by atoms with van der Waals surface area (Å²) >= 11 is 0. The van der Waals surface area contributed by atoms with E-state index < -0.39 is 0 Å². The van der Waals surface area contributed by atoms with Crippen molar-refractivity contribution in [3.05, 3.63) is 123 Å². The molecule has 0 spiro atoms. The first-order chi connectivity index (χ1) is 14.5. The van der Waals surface area contributed by atoms with E-state index in [1.807, 2.05) is 0 Å². The molecule has 2 nitrogen and oxygen atoms in total. The van der Waals surface area contributed by atoms with Gasteiger partial charge in [0.25, 0.3) is 0 Å². The molecule has 2 aromatic rings. The van der Waals surface area contributed by atoms with Crippen LogP contribution in [0.3, 0.4) is 0 Å². The molecule has 2 atom stereocenters. The van der Waals surface area contributed by atoms with E-state index in [1.54, 1.807) is 0 Å². The molecule has 0 N–H and O–H groups in total. The van der Waals surface area contributed by atoms with Crippen LogP contribution in [-0.2, 0) is 0 Å². The average molecular weight is 395 g/mol. The van der Waals surface area contributed by atoms with Crippen LogP contribution in [0.25, 0.3) is 0 Å². The van der Waals surface area contributed by atoms with Gasteiger partial charge in [0, 0.05) is 39.6 Å². The molecule has 2 saturated carbocycles. The number of rotatable bonds is 7. The summed E-state index contributed by atoms with van der Waals surface area (Å²) in [5.74, 6) is 3.22. The molecule has 30 heavy (non-hydrogen) atoms. The Morgan fingerprint density at radius 3 is 1.03 bits per heavy atom. The van der Waals surface area contributed by atoms with E-state index in [4.69, 9.17) is 0 Å². The lowest BCUT2D eigenvalue weighted by Crippen LogP contribution is -2.23. The highest BCUT2D eigenvalue weighted by Crippen LogP contribution is 2.52. The van der Waals surface area contributed by atoms with Crippen LogP contribution < -0.4 is 9.80 Å². The lowest BCUT2D eigenvalue weighted by molar-refractivity contribution is 0.603. The second-order valence-corrected chi connectivity index (χ2v) is 8.36. The van der Waals surface area contributed by atoms with Crippen molar-refractivity contribution in [3.8, 4) is 0 Å². The second-order valence-electron chi connectivity index (χ2n) is 8.36. The summed E-state index contributed by atoms with van der Waals surface area (Å²) in [6.07, 6.45) is 17.6. The maximum atomic E-state index is 2.29. The summed E-state index contributed by atoms with van der Waals surface area (Å²) in [6.45, 7) is 0. The van der Waals surface area contributed by atoms with Gasteiger partial charge in [-0.1, -0.05) is 24.3 Å². The van der Waals surface area contributed by atoms with Crippen molar-refractivity contribution in [1.29, 1.82) is 0 Å². The van der Waals surface area contributed by atoms with Gasteiger partial charge in [-0.15, -0.1) is 0 Å². The van der Waals surface area contributed by atoms with E-state index >= 15 is 0 Å². The lowest BCUT2D eigenvalue weighted by atomic mass is 9.67. The zero-order chi connectivity index (χ0) is 21.1. The van der Waals surface area contributed by atoms with Crippen LogP contribution in [0.1, 0.15) is 23.0 Å². The largest absolute Gasteiger partial charge is 0.378 e. The molecular weight excluding hydrogens is 364 g/mol. The Kier molecular flexibility index (Phi) is 6.71. The Balaban J connectivity index is 1.74. The lowest BCUT2D eigenvalue weighted by Gasteiger charge is -2.36. The molecule has 2 aromatic carbocycles. The van der Waals surface area contributed by atoms with Gasteiger partial charge in [0.15, 0.2) is 0 Å². The monoisotopic (exact) mass is 394 g/mol. The molecule has 0 aromatic heterocycles. The van der Waals surface area contributed by atoms with Crippen LogP contribution in [-0.4, -0.2) is 28.2 Å². The van der Waals surface area contributed by atoms with Crippen molar-refractivity contribution < 1.29 is 0 Å². The van der Waals surface area contributed by atoms with Crippen LogP contribution in [0.5, 0.6) is 0 Å². The summed E-state index contributed by atoms with van der Waals surface area (Å²) in [5.41, 5.74) is 5.13. The third-order valence-corrected chi connectivity index (χ3v) is 5.97. The number of anilines is 2. The second kappa shape index (κ2) is 9.45. The van der Waals surface area contributed by atoms with Gasteiger partial charge in [0.05, 0.1) is 0 Å². The van der Waals surface area contributed by atoms with E-state index in [-0.39, 0.29) is 11.8 Å². The van der Waals surface area contributed by atoms with Gasteiger partial charge in [-0.25, -0.2) is 0 Å². The minimum atomic E-state index is 0.254. The van der Waals surface area contributed by atoms with E-state index in [1.165, 1.54) is 34.3 Å². The Hall–Kier alpha value is -1.96. The highest BCUT2D eigenvalue weighted by atomic mass is 15.1. The minimum Gasteiger partial charge on any atom is -0.378 e. The third-order valence-electron chi connectivity index (χ3n) is 5.97. The summed E-state index contributed by atoms with van der Waals surface area (Å²) < 4.78 is 0. The molecule has 0 bridgehead atoms. The third kappa shape index (κ3) is 4.53. The summed E-state index contributed by atoms with van der Waals surface area (Å²) in [4.78, 5) is 4.30. The molecule has 0 amide bonds. The first-order valence-corrected chi connectivity index (χ1v) is 10.5. The zero-order valence-corrected chi connectivity index (χ0v) is 18.3. The molecule has 0 heterocycles. The van der Waals surface area contributed by atoms with Crippen molar-refractivity contribution >= 4 is 11.4 Å². The Morgan fingerprint density at radius 2 is 0.767 bits per heavy atom.